The average Bonchev–Trinajstić information content (AvgIpc) is 2.59. The van der Waals surface area contributed by atoms with Gasteiger partial charge in [-0.2, -0.15) is 0 Å². The van der Waals surface area contributed by atoms with Crippen molar-refractivity contribution >= 4 is 23.3 Å². The zero-order valence-corrected chi connectivity index (χ0v) is 13.1. The first-order valence-corrected chi connectivity index (χ1v) is 7.33. The molecule has 6 nitrogen and oxygen atoms in total. The topological polar surface area (TPSA) is 80.3 Å². The number of benzene rings is 1. The van der Waals surface area contributed by atoms with Crippen LogP contribution >= 0.6 is 0 Å². The Bertz CT molecular complexity index is 701. The van der Waals surface area contributed by atoms with Crippen LogP contribution in [0.2, 0.25) is 0 Å². The number of hydrogen-bond acceptors (Lipinski definition) is 5. The summed E-state index contributed by atoms with van der Waals surface area (Å²) < 4.78 is 4.76. The highest BCUT2D eigenvalue weighted by Crippen LogP contribution is 2.21. The normalized spacial score (nSPS) is 10.0. The van der Waals surface area contributed by atoms with Gasteiger partial charge in [0, 0.05) is 12.7 Å². The fourth-order valence-electron chi connectivity index (χ4n) is 2.01. The van der Waals surface area contributed by atoms with Crippen molar-refractivity contribution in [2.24, 2.45) is 0 Å². The molecule has 0 spiro atoms. The molecule has 0 aliphatic carbocycles. The minimum Gasteiger partial charge on any atom is -0.465 e. The zero-order valence-electron chi connectivity index (χ0n) is 13.1. The van der Waals surface area contributed by atoms with Gasteiger partial charge in [0.2, 0.25) is 0 Å². The molecule has 0 aliphatic rings. The molecule has 6 heteroatoms. The van der Waals surface area contributed by atoms with Gasteiger partial charge in [-0.25, -0.2) is 4.79 Å². The molecule has 0 atom stereocenters. The Labute approximate surface area is 134 Å². The molecule has 1 aromatic heterocycles. The smallest absolute Gasteiger partial charge is 0.339 e. The molecule has 0 aliphatic heterocycles. The van der Waals surface area contributed by atoms with Gasteiger partial charge in [-0.05, 0) is 24.6 Å². The largest absolute Gasteiger partial charge is 0.465 e. The number of para-hydroxylation sites is 1. The summed E-state index contributed by atoms with van der Waals surface area (Å²) in [6.45, 7) is 2.60. The van der Waals surface area contributed by atoms with E-state index in [4.69, 9.17) is 4.74 Å². The van der Waals surface area contributed by atoms with Crippen molar-refractivity contribution in [3.05, 3.63) is 53.9 Å². The van der Waals surface area contributed by atoms with E-state index in [0.29, 0.717) is 29.0 Å². The van der Waals surface area contributed by atoms with Crippen LogP contribution in [0.15, 0.2) is 42.7 Å². The maximum absolute atomic E-state index is 12.0. The third-order valence-electron chi connectivity index (χ3n) is 3.15. The first-order valence-electron chi connectivity index (χ1n) is 7.33. The number of ether oxygens (including phenoxy) is 1. The standard InChI is InChI=1S/C17H19N3O3/c1-3-8-19-16(21)12-9-13(11-18-10-12)20-15-7-5-4-6-14(15)17(22)23-2/h4-7,9-11,20H,3,8H2,1-2H3,(H,19,21). The van der Waals surface area contributed by atoms with Crippen LogP contribution in [0.5, 0.6) is 0 Å². The fourth-order valence-corrected chi connectivity index (χ4v) is 2.01. The maximum Gasteiger partial charge on any atom is 0.339 e. The molecule has 1 aromatic carbocycles. The number of aromatic nitrogens is 1. The van der Waals surface area contributed by atoms with E-state index in [2.05, 4.69) is 15.6 Å². The second-order valence-corrected chi connectivity index (χ2v) is 4.88. The molecule has 2 N–H and O–H groups in total. The molecule has 0 saturated carbocycles. The summed E-state index contributed by atoms with van der Waals surface area (Å²) in [5.74, 6) is -0.609. The molecular weight excluding hydrogens is 294 g/mol. The fraction of sp³-hybridized carbons (Fsp3) is 0.235. The number of amides is 1. The Kier molecular flexibility index (Phi) is 5.68. The maximum atomic E-state index is 12.0. The lowest BCUT2D eigenvalue weighted by Gasteiger charge is -2.11. The van der Waals surface area contributed by atoms with E-state index < -0.39 is 5.97 Å². The quantitative estimate of drug-likeness (QED) is 0.802. The van der Waals surface area contributed by atoms with Gasteiger partial charge < -0.3 is 15.4 Å². The molecule has 0 radical (unpaired) electrons. The molecule has 23 heavy (non-hydrogen) atoms. The Morgan fingerprint density at radius 1 is 1.22 bits per heavy atom. The van der Waals surface area contributed by atoms with Crippen molar-refractivity contribution in [1.82, 2.24) is 10.3 Å². The number of carbonyl (C=O) groups excluding carboxylic acids is 2. The second kappa shape index (κ2) is 7.93. The second-order valence-electron chi connectivity index (χ2n) is 4.88. The first-order chi connectivity index (χ1) is 11.2. The van der Waals surface area contributed by atoms with Gasteiger partial charge in [0.05, 0.1) is 35.8 Å². The van der Waals surface area contributed by atoms with Gasteiger partial charge in [-0.3, -0.25) is 9.78 Å². The molecule has 2 aromatic rings. The van der Waals surface area contributed by atoms with Crippen molar-refractivity contribution in [3.63, 3.8) is 0 Å². The predicted molar refractivity (Wildman–Crippen MR) is 87.9 cm³/mol. The number of nitrogens with zero attached hydrogens (tertiary/aromatic N) is 1. The van der Waals surface area contributed by atoms with Gasteiger partial charge in [0.1, 0.15) is 0 Å². The summed E-state index contributed by atoms with van der Waals surface area (Å²) in [5.41, 5.74) is 2.08. The van der Waals surface area contributed by atoms with Crippen molar-refractivity contribution in [1.29, 1.82) is 0 Å². The lowest BCUT2D eigenvalue weighted by atomic mass is 10.1. The van der Waals surface area contributed by atoms with E-state index in [9.17, 15) is 9.59 Å². The van der Waals surface area contributed by atoms with Gasteiger partial charge in [-0.1, -0.05) is 19.1 Å². The number of anilines is 2. The number of esters is 1. The van der Waals surface area contributed by atoms with Crippen LogP contribution in [0.4, 0.5) is 11.4 Å². The van der Waals surface area contributed by atoms with Crippen LogP contribution in [-0.2, 0) is 4.74 Å². The molecule has 2 rings (SSSR count). The monoisotopic (exact) mass is 313 g/mol. The molecule has 0 bridgehead atoms. The van der Waals surface area contributed by atoms with Crippen LogP contribution in [-0.4, -0.2) is 30.5 Å². The van der Waals surface area contributed by atoms with E-state index in [1.807, 2.05) is 6.92 Å². The van der Waals surface area contributed by atoms with Crippen molar-refractivity contribution < 1.29 is 14.3 Å². The van der Waals surface area contributed by atoms with E-state index in [0.717, 1.165) is 6.42 Å². The summed E-state index contributed by atoms with van der Waals surface area (Å²) in [6, 6.07) is 8.67. The Morgan fingerprint density at radius 2 is 2.00 bits per heavy atom. The highest BCUT2D eigenvalue weighted by molar-refractivity contribution is 5.97. The number of pyridine rings is 1. The van der Waals surface area contributed by atoms with Crippen LogP contribution in [0.1, 0.15) is 34.1 Å². The molecule has 1 heterocycles. The summed E-state index contributed by atoms with van der Waals surface area (Å²) in [7, 11) is 1.33. The highest BCUT2D eigenvalue weighted by Gasteiger charge is 2.12. The molecule has 120 valence electrons. The third kappa shape index (κ3) is 4.29. The summed E-state index contributed by atoms with van der Waals surface area (Å²) in [4.78, 5) is 27.8. The van der Waals surface area contributed by atoms with Crippen molar-refractivity contribution in [3.8, 4) is 0 Å². The first kappa shape index (κ1) is 16.5. The number of carbonyl (C=O) groups is 2. The van der Waals surface area contributed by atoms with E-state index in [1.54, 1.807) is 36.5 Å². The number of hydrogen-bond donors (Lipinski definition) is 2. The average molecular weight is 313 g/mol. The van der Waals surface area contributed by atoms with Crippen LogP contribution in [0.3, 0.4) is 0 Å². The van der Waals surface area contributed by atoms with Gasteiger partial charge in [0.25, 0.3) is 5.91 Å². The van der Waals surface area contributed by atoms with Gasteiger partial charge >= 0.3 is 5.97 Å². The number of rotatable bonds is 6. The van der Waals surface area contributed by atoms with E-state index in [-0.39, 0.29) is 5.91 Å². The minimum atomic E-state index is -0.432. The van der Waals surface area contributed by atoms with Crippen molar-refractivity contribution in [2.45, 2.75) is 13.3 Å². The van der Waals surface area contributed by atoms with Crippen molar-refractivity contribution in [2.75, 3.05) is 19.0 Å². The molecule has 1 amide bonds. The Hall–Kier alpha value is -2.89. The van der Waals surface area contributed by atoms with E-state index in [1.165, 1.54) is 13.3 Å². The van der Waals surface area contributed by atoms with Crippen LogP contribution in [0, 0.1) is 0 Å². The lowest BCUT2D eigenvalue weighted by Crippen LogP contribution is -2.24. The Morgan fingerprint density at radius 3 is 2.74 bits per heavy atom. The number of methoxy groups -OCH3 is 1. The van der Waals surface area contributed by atoms with Gasteiger partial charge in [0.15, 0.2) is 0 Å². The Balaban J connectivity index is 2.21. The van der Waals surface area contributed by atoms with Gasteiger partial charge in [-0.15, -0.1) is 0 Å². The third-order valence-corrected chi connectivity index (χ3v) is 3.15. The molecular formula is C17H19N3O3. The van der Waals surface area contributed by atoms with Crippen LogP contribution < -0.4 is 10.6 Å². The summed E-state index contributed by atoms with van der Waals surface area (Å²) >= 11 is 0. The summed E-state index contributed by atoms with van der Waals surface area (Å²) in [5, 5.41) is 5.89. The number of nitrogens with one attached hydrogen (secondary N) is 2. The molecule has 0 saturated heterocycles. The highest BCUT2D eigenvalue weighted by atomic mass is 16.5. The van der Waals surface area contributed by atoms with E-state index >= 15 is 0 Å². The lowest BCUT2D eigenvalue weighted by molar-refractivity contribution is 0.0601. The van der Waals surface area contributed by atoms with Crippen LogP contribution in [0.25, 0.3) is 0 Å². The predicted octanol–water partition coefficient (Wildman–Crippen LogP) is 2.75. The minimum absolute atomic E-state index is 0.177. The SMILES string of the molecule is CCCNC(=O)c1cncc(Nc2ccccc2C(=O)OC)c1. The molecule has 0 unspecified atom stereocenters. The molecule has 0 fully saturated rings. The summed E-state index contributed by atoms with van der Waals surface area (Å²) in [6.07, 6.45) is 3.96. The zero-order chi connectivity index (χ0) is 16.7.